The first kappa shape index (κ1) is 11.4. The molecule has 0 heterocycles. The van der Waals surface area contributed by atoms with Crippen molar-refractivity contribution >= 4 is 11.6 Å². The van der Waals surface area contributed by atoms with Crippen LogP contribution in [-0.2, 0) is 4.79 Å². The Hall–Kier alpha value is -1.71. The highest BCUT2D eigenvalue weighted by Gasteiger charge is 1.97. The van der Waals surface area contributed by atoms with Gasteiger partial charge in [-0.25, -0.2) is 0 Å². The van der Waals surface area contributed by atoms with Crippen molar-refractivity contribution in [1.29, 1.82) is 0 Å². The summed E-state index contributed by atoms with van der Waals surface area (Å²) in [7, 11) is 0. The zero-order valence-corrected chi connectivity index (χ0v) is 9.04. The summed E-state index contributed by atoms with van der Waals surface area (Å²) in [5, 5.41) is 2.65. The molecule has 0 unspecified atom stereocenters. The van der Waals surface area contributed by atoms with Gasteiger partial charge in [-0.2, -0.15) is 0 Å². The van der Waals surface area contributed by atoms with Gasteiger partial charge in [0.25, 0.3) is 0 Å². The van der Waals surface area contributed by atoms with Gasteiger partial charge in [0.15, 0.2) is 0 Å². The first-order valence-electron chi connectivity index (χ1n) is 4.83. The number of hydrogen-bond donors (Lipinski definition) is 2. The highest BCUT2D eigenvalue weighted by atomic mass is 16.5. The van der Waals surface area contributed by atoms with Crippen LogP contribution in [0.3, 0.4) is 0 Å². The molecule has 0 aliphatic rings. The van der Waals surface area contributed by atoms with E-state index >= 15 is 0 Å². The summed E-state index contributed by atoms with van der Waals surface area (Å²) in [5.74, 6) is 0.721. The number of nitrogens with one attached hydrogen (secondary N) is 1. The number of anilines is 1. The number of hydrogen-bond acceptors (Lipinski definition) is 3. The van der Waals surface area contributed by atoms with Crippen LogP contribution in [0.5, 0.6) is 5.75 Å². The van der Waals surface area contributed by atoms with Crippen molar-refractivity contribution in [2.45, 2.75) is 13.8 Å². The third-order valence-corrected chi connectivity index (χ3v) is 1.99. The van der Waals surface area contributed by atoms with Crippen molar-refractivity contribution in [3.05, 3.63) is 23.8 Å². The number of nitrogen functional groups attached to an aromatic ring is 1. The third kappa shape index (κ3) is 3.89. The Kier molecular flexibility index (Phi) is 3.97. The maximum Gasteiger partial charge on any atom is 0.216 e. The molecule has 0 fully saturated rings. The summed E-state index contributed by atoms with van der Waals surface area (Å²) in [5.41, 5.74) is 7.42. The molecule has 0 bridgehead atoms. The molecule has 1 aromatic carbocycles. The van der Waals surface area contributed by atoms with E-state index in [1.54, 1.807) is 0 Å². The summed E-state index contributed by atoms with van der Waals surface area (Å²) in [4.78, 5) is 10.6. The summed E-state index contributed by atoms with van der Waals surface area (Å²) >= 11 is 0. The largest absolute Gasteiger partial charge is 0.492 e. The molecule has 15 heavy (non-hydrogen) atoms. The fourth-order valence-corrected chi connectivity index (χ4v) is 1.13. The van der Waals surface area contributed by atoms with Crippen molar-refractivity contribution in [1.82, 2.24) is 5.32 Å². The van der Waals surface area contributed by atoms with Crippen molar-refractivity contribution in [3.63, 3.8) is 0 Å². The number of benzene rings is 1. The monoisotopic (exact) mass is 208 g/mol. The van der Waals surface area contributed by atoms with E-state index in [-0.39, 0.29) is 5.91 Å². The van der Waals surface area contributed by atoms with E-state index in [2.05, 4.69) is 5.32 Å². The number of nitrogens with two attached hydrogens (primary N) is 1. The van der Waals surface area contributed by atoms with Gasteiger partial charge in [0, 0.05) is 12.6 Å². The van der Waals surface area contributed by atoms with Gasteiger partial charge in [0.2, 0.25) is 5.91 Å². The molecule has 0 aromatic heterocycles. The van der Waals surface area contributed by atoms with E-state index in [9.17, 15) is 4.79 Å². The van der Waals surface area contributed by atoms with Gasteiger partial charge in [-0.15, -0.1) is 0 Å². The summed E-state index contributed by atoms with van der Waals surface area (Å²) in [6, 6.07) is 5.50. The second kappa shape index (κ2) is 5.24. The normalized spacial score (nSPS) is 9.73. The van der Waals surface area contributed by atoms with Gasteiger partial charge in [-0.05, 0) is 30.7 Å². The predicted octanol–water partition coefficient (Wildman–Crippen LogP) is 1.09. The second-order valence-electron chi connectivity index (χ2n) is 3.35. The highest BCUT2D eigenvalue weighted by Crippen LogP contribution is 2.18. The average molecular weight is 208 g/mol. The van der Waals surface area contributed by atoms with Crippen LogP contribution in [-0.4, -0.2) is 19.1 Å². The molecule has 1 aromatic rings. The number of aryl methyl sites for hydroxylation is 1. The van der Waals surface area contributed by atoms with E-state index in [0.717, 1.165) is 17.0 Å². The minimum atomic E-state index is -0.0490. The Morgan fingerprint density at radius 2 is 2.27 bits per heavy atom. The highest BCUT2D eigenvalue weighted by molar-refractivity contribution is 5.72. The lowest BCUT2D eigenvalue weighted by Gasteiger charge is -2.08. The quantitative estimate of drug-likeness (QED) is 0.575. The van der Waals surface area contributed by atoms with Crippen LogP contribution >= 0.6 is 0 Å². The van der Waals surface area contributed by atoms with Gasteiger partial charge in [0.1, 0.15) is 12.4 Å². The van der Waals surface area contributed by atoms with Crippen LogP contribution < -0.4 is 15.8 Å². The Morgan fingerprint density at radius 1 is 1.53 bits per heavy atom. The maximum absolute atomic E-state index is 10.6. The third-order valence-electron chi connectivity index (χ3n) is 1.99. The van der Waals surface area contributed by atoms with Gasteiger partial charge in [-0.1, -0.05) is 0 Å². The molecule has 82 valence electrons. The van der Waals surface area contributed by atoms with Crippen LogP contribution in [0.2, 0.25) is 0 Å². The lowest BCUT2D eigenvalue weighted by molar-refractivity contribution is -0.119. The first-order valence-corrected chi connectivity index (χ1v) is 4.83. The van der Waals surface area contributed by atoms with Crippen LogP contribution in [0.4, 0.5) is 5.69 Å². The van der Waals surface area contributed by atoms with Gasteiger partial charge >= 0.3 is 0 Å². The number of ether oxygens (including phenoxy) is 1. The van der Waals surface area contributed by atoms with Crippen LogP contribution in [0, 0.1) is 6.92 Å². The SMILES string of the molecule is CC(=O)NCCOc1ccc(N)c(C)c1. The zero-order valence-electron chi connectivity index (χ0n) is 9.04. The lowest BCUT2D eigenvalue weighted by Crippen LogP contribution is -2.25. The van der Waals surface area contributed by atoms with Crippen LogP contribution in [0.25, 0.3) is 0 Å². The number of carbonyl (C=O) groups excluding carboxylic acids is 1. The van der Waals surface area contributed by atoms with Gasteiger partial charge in [-0.3, -0.25) is 4.79 Å². The predicted molar refractivity (Wildman–Crippen MR) is 59.8 cm³/mol. The van der Waals surface area contributed by atoms with E-state index in [0.29, 0.717) is 13.2 Å². The number of amides is 1. The van der Waals surface area contributed by atoms with Crippen molar-refractivity contribution in [2.24, 2.45) is 0 Å². The van der Waals surface area contributed by atoms with E-state index < -0.39 is 0 Å². The summed E-state index contributed by atoms with van der Waals surface area (Å²) < 4.78 is 5.42. The molecule has 0 saturated carbocycles. The molecule has 0 aliphatic carbocycles. The molecular formula is C11H16N2O2. The smallest absolute Gasteiger partial charge is 0.216 e. The number of carbonyl (C=O) groups is 1. The Bertz CT molecular complexity index is 350. The summed E-state index contributed by atoms with van der Waals surface area (Å²) in [6.45, 7) is 4.38. The Morgan fingerprint density at radius 3 is 2.87 bits per heavy atom. The minimum Gasteiger partial charge on any atom is -0.492 e. The molecule has 4 heteroatoms. The van der Waals surface area contributed by atoms with Gasteiger partial charge in [0.05, 0.1) is 6.54 Å². The fraction of sp³-hybridized carbons (Fsp3) is 0.364. The molecule has 0 spiro atoms. The van der Waals surface area contributed by atoms with Crippen LogP contribution in [0.15, 0.2) is 18.2 Å². The fourth-order valence-electron chi connectivity index (χ4n) is 1.13. The minimum absolute atomic E-state index is 0.0490. The molecule has 1 rings (SSSR count). The van der Waals surface area contributed by atoms with Crippen molar-refractivity contribution in [3.8, 4) is 5.75 Å². The maximum atomic E-state index is 10.6. The molecule has 0 aliphatic heterocycles. The first-order chi connectivity index (χ1) is 7.09. The average Bonchev–Trinajstić information content (AvgIpc) is 2.18. The number of rotatable bonds is 4. The molecule has 0 radical (unpaired) electrons. The molecular weight excluding hydrogens is 192 g/mol. The van der Waals surface area contributed by atoms with Crippen molar-refractivity contribution in [2.75, 3.05) is 18.9 Å². The topological polar surface area (TPSA) is 64.3 Å². The lowest BCUT2D eigenvalue weighted by atomic mass is 10.2. The zero-order chi connectivity index (χ0) is 11.3. The molecule has 3 N–H and O–H groups in total. The second-order valence-corrected chi connectivity index (χ2v) is 3.35. The Balaban J connectivity index is 2.38. The molecule has 4 nitrogen and oxygen atoms in total. The van der Waals surface area contributed by atoms with E-state index in [1.165, 1.54) is 6.92 Å². The van der Waals surface area contributed by atoms with E-state index in [4.69, 9.17) is 10.5 Å². The summed E-state index contributed by atoms with van der Waals surface area (Å²) in [6.07, 6.45) is 0. The standard InChI is InChI=1S/C11H16N2O2/c1-8-7-10(3-4-11(8)12)15-6-5-13-9(2)14/h3-4,7H,5-6,12H2,1-2H3,(H,13,14). The van der Waals surface area contributed by atoms with Crippen LogP contribution in [0.1, 0.15) is 12.5 Å². The Labute approximate surface area is 89.4 Å². The van der Waals surface area contributed by atoms with E-state index in [1.807, 2.05) is 25.1 Å². The van der Waals surface area contributed by atoms with Crippen molar-refractivity contribution < 1.29 is 9.53 Å². The molecule has 0 atom stereocenters. The molecule has 1 amide bonds. The molecule has 0 saturated heterocycles. The van der Waals surface area contributed by atoms with Gasteiger partial charge < -0.3 is 15.8 Å².